The van der Waals surface area contributed by atoms with E-state index in [1.165, 1.54) is 38.5 Å². The number of phosphoric acid groups is 1. The number of carbonyl (C=O) groups excluding carboxylic acids is 2. The molecule has 306 valence electrons. The highest BCUT2D eigenvalue weighted by atomic mass is 31.2. The Morgan fingerprint density at radius 1 is 0.566 bits per heavy atom. The first-order valence-corrected chi connectivity index (χ1v) is 21.7. The van der Waals surface area contributed by atoms with Crippen LogP contribution in [0.1, 0.15) is 155 Å². The molecule has 0 aliphatic rings. The van der Waals surface area contributed by atoms with Crippen LogP contribution >= 0.6 is 7.82 Å². The van der Waals surface area contributed by atoms with E-state index in [1.807, 2.05) is 0 Å². The molecule has 0 rings (SSSR count). The second-order valence-electron chi connectivity index (χ2n) is 13.3. The summed E-state index contributed by atoms with van der Waals surface area (Å²) in [6.07, 6.45) is 40.4. The van der Waals surface area contributed by atoms with Crippen molar-refractivity contribution in [3.63, 3.8) is 0 Å². The summed E-state index contributed by atoms with van der Waals surface area (Å²) in [6.45, 7) is 2.24. The third-order valence-corrected chi connectivity index (χ3v) is 9.10. The van der Waals surface area contributed by atoms with E-state index in [-0.39, 0.29) is 19.4 Å². The van der Waals surface area contributed by atoms with Crippen LogP contribution in [0.5, 0.6) is 0 Å². The van der Waals surface area contributed by atoms with Crippen molar-refractivity contribution in [2.75, 3.05) is 26.4 Å². The van der Waals surface area contributed by atoms with Gasteiger partial charge in [0.05, 0.1) is 19.8 Å². The number of ether oxygens (including phenoxy) is 2. The van der Waals surface area contributed by atoms with Crippen LogP contribution in [0.25, 0.3) is 0 Å². The highest BCUT2D eigenvalue weighted by molar-refractivity contribution is 7.47. The fourth-order valence-electron chi connectivity index (χ4n) is 4.97. The van der Waals surface area contributed by atoms with E-state index in [2.05, 4.69) is 79.1 Å². The van der Waals surface area contributed by atoms with Gasteiger partial charge in [-0.05, 0) is 83.5 Å². The molecule has 0 aromatic heterocycles. The smallest absolute Gasteiger partial charge is 0.462 e. The molecule has 1 unspecified atom stereocenters. The zero-order valence-electron chi connectivity index (χ0n) is 33.0. The van der Waals surface area contributed by atoms with Gasteiger partial charge in [-0.3, -0.25) is 18.6 Å². The van der Waals surface area contributed by atoms with E-state index in [1.54, 1.807) is 0 Å². The molecule has 0 heterocycles. The molecular weight excluding hydrogens is 695 g/mol. The Hall–Kier alpha value is -2.33. The number of esters is 2. The number of carbonyl (C=O) groups is 2. The summed E-state index contributed by atoms with van der Waals surface area (Å²) in [5.74, 6) is -0.992. The zero-order valence-corrected chi connectivity index (χ0v) is 33.9. The SMILES string of the molecule is CCCCCC=CCC=CCC=CCCCCC(=O)OC[C@H](COP(=O)(O)OC[C@@H](O)CO)OC(=O)CCCCCCCC=CCC=CCCCCC. The van der Waals surface area contributed by atoms with Crippen LogP contribution < -0.4 is 0 Å². The van der Waals surface area contributed by atoms with E-state index in [0.29, 0.717) is 12.8 Å². The number of hydrogen-bond donors (Lipinski definition) is 3. The lowest BCUT2D eigenvalue weighted by molar-refractivity contribution is -0.161. The summed E-state index contributed by atoms with van der Waals surface area (Å²) in [4.78, 5) is 34.9. The molecule has 0 fully saturated rings. The molecule has 0 aromatic carbocycles. The molecule has 3 atom stereocenters. The van der Waals surface area contributed by atoms with E-state index >= 15 is 0 Å². The van der Waals surface area contributed by atoms with Gasteiger partial charge in [0, 0.05) is 12.8 Å². The fraction of sp³-hybridized carbons (Fsp3) is 0.714. The summed E-state index contributed by atoms with van der Waals surface area (Å²) in [5, 5.41) is 18.3. The summed E-state index contributed by atoms with van der Waals surface area (Å²) in [7, 11) is -4.63. The molecule has 0 saturated heterocycles. The van der Waals surface area contributed by atoms with Crippen molar-refractivity contribution in [1.82, 2.24) is 0 Å². The summed E-state index contributed by atoms with van der Waals surface area (Å²) in [6, 6.07) is 0. The lowest BCUT2D eigenvalue weighted by atomic mass is 10.1. The van der Waals surface area contributed by atoms with Gasteiger partial charge in [-0.25, -0.2) is 4.57 Å². The minimum absolute atomic E-state index is 0.157. The van der Waals surface area contributed by atoms with Crippen LogP contribution in [-0.2, 0) is 32.7 Å². The first-order valence-electron chi connectivity index (χ1n) is 20.2. The van der Waals surface area contributed by atoms with Crippen molar-refractivity contribution in [2.24, 2.45) is 0 Å². The topological polar surface area (TPSA) is 149 Å². The molecule has 0 aliphatic carbocycles. The van der Waals surface area contributed by atoms with Gasteiger partial charge in [0.1, 0.15) is 12.7 Å². The average molecular weight is 769 g/mol. The number of hydrogen-bond acceptors (Lipinski definition) is 9. The maximum absolute atomic E-state index is 12.6. The van der Waals surface area contributed by atoms with Gasteiger partial charge in [0.15, 0.2) is 6.10 Å². The van der Waals surface area contributed by atoms with Gasteiger partial charge >= 0.3 is 19.8 Å². The molecule has 0 aliphatic heterocycles. The molecule has 0 radical (unpaired) electrons. The molecule has 0 spiro atoms. The molecule has 0 bridgehead atoms. The van der Waals surface area contributed by atoms with Gasteiger partial charge in [-0.2, -0.15) is 0 Å². The molecular formula is C42H73O10P. The standard InChI is InChI=1S/C42H73O10P/c1-3-5-7-9-11-13-15-17-19-21-23-25-27-29-31-33-41(45)49-37-40(38-51-53(47,48)50-36-39(44)35-43)52-42(46)34-32-30-28-26-24-22-20-18-16-14-12-10-8-6-4-2/h11-14,17-20,23,25,39-40,43-44H,3-10,15-16,21-22,24,26-38H2,1-2H3,(H,47,48)/t39-,40+/m0/s1. The molecule has 0 aromatic rings. The van der Waals surface area contributed by atoms with Gasteiger partial charge in [0.2, 0.25) is 0 Å². The van der Waals surface area contributed by atoms with E-state index in [4.69, 9.17) is 19.1 Å². The van der Waals surface area contributed by atoms with Gasteiger partial charge in [-0.1, -0.05) is 120 Å². The van der Waals surface area contributed by atoms with Gasteiger partial charge < -0.3 is 24.6 Å². The average Bonchev–Trinajstić information content (AvgIpc) is 3.14. The molecule has 3 N–H and O–H groups in total. The highest BCUT2D eigenvalue weighted by Gasteiger charge is 2.27. The van der Waals surface area contributed by atoms with Crippen molar-refractivity contribution in [3.05, 3.63) is 60.8 Å². The summed E-state index contributed by atoms with van der Waals surface area (Å²) in [5.41, 5.74) is 0. The highest BCUT2D eigenvalue weighted by Crippen LogP contribution is 2.43. The van der Waals surface area contributed by atoms with Crippen LogP contribution in [-0.4, -0.2) is 65.7 Å². The first kappa shape index (κ1) is 50.7. The third-order valence-electron chi connectivity index (χ3n) is 8.14. The number of aliphatic hydroxyl groups excluding tert-OH is 2. The number of allylic oxidation sites excluding steroid dienone is 10. The zero-order chi connectivity index (χ0) is 39.1. The Morgan fingerprint density at radius 2 is 0.981 bits per heavy atom. The third kappa shape index (κ3) is 37.8. The van der Waals surface area contributed by atoms with Crippen LogP contribution in [0.15, 0.2) is 60.8 Å². The second-order valence-corrected chi connectivity index (χ2v) is 14.8. The Labute approximate surface area is 321 Å². The minimum atomic E-state index is -4.63. The predicted molar refractivity (Wildman–Crippen MR) is 214 cm³/mol. The van der Waals surface area contributed by atoms with Gasteiger partial charge in [0.25, 0.3) is 0 Å². The predicted octanol–water partition coefficient (Wildman–Crippen LogP) is 10.3. The normalized spacial score (nSPS) is 14.6. The maximum atomic E-state index is 12.6. The van der Waals surface area contributed by atoms with Crippen molar-refractivity contribution >= 4 is 19.8 Å². The van der Waals surface area contributed by atoms with Gasteiger partial charge in [-0.15, -0.1) is 0 Å². The van der Waals surface area contributed by atoms with Crippen molar-refractivity contribution in [2.45, 2.75) is 167 Å². The van der Waals surface area contributed by atoms with Crippen LogP contribution in [0.4, 0.5) is 0 Å². The van der Waals surface area contributed by atoms with Crippen molar-refractivity contribution in [1.29, 1.82) is 0 Å². The Bertz CT molecular complexity index is 1070. The Morgan fingerprint density at radius 3 is 1.51 bits per heavy atom. The summed E-state index contributed by atoms with van der Waals surface area (Å²) >= 11 is 0. The van der Waals surface area contributed by atoms with Crippen molar-refractivity contribution < 1.29 is 47.8 Å². The second kappa shape index (κ2) is 38.0. The first-order chi connectivity index (χ1) is 25.7. The van der Waals surface area contributed by atoms with E-state index < -0.39 is 51.8 Å². The van der Waals surface area contributed by atoms with E-state index in [9.17, 15) is 24.2 Å². The molecule has 11 heteroatoms. The molecule has 10 nitrogen and oxygen atoms in total. The number of phosphoric ester groups is 1. The van der Waals surface area contributed by atoms with Crippen molar-refractivity contribution in [3.8, 4) is 0 Å². The lowest BCUT2D eigenvalue weighted by Gasteiger charge is -2.20. The van der Waals surface area contributed by atoms with Crippen LogP contribution in [0, 0.1) is 0 Å². The molecule has 0 amide bonds. The lowest BCUT2D eigenvalue weighted by Crippen LogP contribution is -2.29. The maximum Gasteiger partial charge on any atom is 0.472 e. The molecule has 53 heavy (non-hydrogen) atoms. The number of unbranched alkanes of at least 4 members (excludes halogenated alkanes) is 13. The monoisotopic (exact) mass is 768 g/mol. The Kier molecular flexibility index (Phi) is 36.3. The van der Waals surface area contributed by atoms with Crippen LogP contribution in [0.2, 0.25) is 0 Å². The number of rotatable bonds is 37. The van der Waals surface area contributed by atoms with Crippen LogP contribution in [0.3, 0.4) is 0 Å². The quantitative estimate of drug-likeness (QED) is 0.0241. The molecule has 0 saturated carbocycles. The minimum Gasteiger partial charge on any atom is -0.462 e. The fourth-order valence-corrected chi connectivity index (χ4v) is 5.76. The largest absolute Gasteiger partial charge is 0.472 e. The van der Waals surface area contributed by atoms with E-state index in [0.717, 1.165) is 77.0 Å². The summed E-state index contributed by atoms with van der Waals surface area (Å²) < 4.78 is 32.6. The number of aliphatic hydroxyl groups is 2. The Balaban J connectivity index is 4.45.